The van der Waals surface area contributed by atoms with E-state index in [1.807, 2.05) is 0 Å². The van der Waals surface area contributed by atoms with Crippen LogP contribution in [0, 0.1) is 0 Å². The molecule has 7 nitrogen and oxygen atoms in total. The Labute approximate surface area is 129 Å². The summed E-state index contributed by atoms with van der Waals surface area (Å²) in [5, 5.41) is 3.12. The third kappa shape index (κ3) is 6.76. The molecule has 21 heavy (non-hydrogen) atoms. The molecular weight excluding hydrogens is 318 g/mol. The van der Waals surface area contributed by atoms with E-state index in [1.54, 1.807) is 24.3 Å². The van der Waals surface area contributed by atoms with E-state index in [9.17, 15) is 13.2 Å². The second kappa shape index (κ2) is 8.18. The van der Waals surface area contributed by atoms with E-state index in [1.165, 1.54) is 14.1 Å². The van der Waals surface area contributed by atoms with Crippen molar-refractivity contribution in [3.05, 3.63) is 29.3 Å². The zero-order valence-corrected chi connectivity index (χ0v) is 13.4. The summed E-state index contributed by atoms with van der Waals surface area (Å²) in [7, 11) is -0.632. The molecule has 0 unspecified atom stereocenters. The van der Waals surface area contributed by atoms with Crippen LogP contribution in [-0.4, -0.2) is 52.4 Å². The molecule has 0 atom stereocenters. The number of amides is 1. The minimum absolute atomic E-state index is 0.104. The van der Waals surface area contributed by atoms with Crippen LogP contribution < -0.4 is 14.8 Å². The normalized spacial score (nSPS) is 11.4. The first kappa shape index (κ1) is 17.7. The van der Waals surface area contributed by atoms with Gasteiger partial charge in [0, 0.05) is 32.2 Å². The maximum absolute atomic E-state index is 11.5. The van der Waals surface area contributed by atoms with Crippen LogP contribution in [0.5, 0.6) is 5.75 Å². The zero-order chi connectivity index (χ0) is 15.9. The fraction of sp³-hybridized carbons (Fsp3) is 0.417. The fourth-order valence-corrected chi connectivity index (χ4v) is 1.99. The summed E-state index contributed by atoms with van der Waals surface area (Å²) >= 11 is 5.72. The van der Waals surface area contributed by atoms with Gasteiger partial charge in [-0.2, -0.15) is 12.7 Å². The van der Waals surface area contributed by atoms with Gasteiger partial charge in [-0.25, -0.2) is 4.72 Å². The molecule has 2 N–H and O–H groups in total. The molecule has 1 rings (SSSR count). The minimum Gasteiger partial charge on any atom is -0.484 e. The average molecular weight is 336 g/mol. The number of hydrogen-bond acceptors (Lipinski definition) is 4. The van der Waals surface area contributed by atoms with E-state index < -0.39 is 10.2 Å². The molecule has 0 aliphatic rings. The van der Waals surface area contributed by atoms with Gasteiger partial charge in [-0.3, -0.25) is 4.79 Å². The molecule has 0 aliphatic heterocycles. The highest BCUT2D eigenvalue weighted by atomic mass is 35.5. The highest BCUT2D eigenvalue weighted by molar-refractivity contribution is 7.87. The fourth-order valence-electron chi connectivity index (χ4n) is 1.24. The molecule has 0 fully saturated rings. The summed E-state index contributed by atoms with van der Waals surface area (Å²) in [4.78, 5) is 11.5. The summed E-state index contributed by atoms with van der Waals surface area (Å²) in [6.45, 7) is 0.130. The van der Waals surface area contributed by atoms with E-state index in [0.717, 1.165) is 4.31 Å². The van der Waals surface area contributed by atoms with Crippen molar-refractivity contribution in [3.63, 3.8) is 0 Å². The molecule has 0 spiro atoms. The molecule has 118 valence electrons. The lowest BCUT2D eigenvalue weighted by Crippen LogP contribution is -2.41. The number of carbonyl (C=O) groups is 1. The quantitative estimate of drug-likeness (QED) is 0.666. The predicted molar refractivity (Wildman–Crippen MR) is 80.6 cm³/mol. The molecule has 0 saturated heterocycles. The Morgan fingerprint density at radius 1 is 1.24 bits per heavy atom. The van der Waals surface area contributed by atoms with Gasteiger partial charge in [0.05, 0.1) is 0 Å². The number of benzene rings is 1. The lowest BCUT2D eigenvalue weighted by atomic mass is 10.3. The topological polar surface area (TPSA) is 87.7 Å². The summed E-state index contributed by atoms with van der Waals surface area (Å²) in [6.07, 6.45) is 0. The van der Waals surface area contributed by atoms with E-state index in [0.29, 0.717) is 10.8 Å². The standard InChI is InChI=1S/C12H18ClN3O4S/c1-16(2)21(18,19)15-8-7-14-12(17)9-20-11-5-3-10(13)4-6-11/h3-6,15H,7-9H2,1-2H3,(H,14,17). The maximum atomic E-state index is 11.5. The van der Waals surface area contributed by atoms with Crippen LogP contribution in [0.4, 0.5) is 0 Å². The first-order valence-electron chi connectivity index (χ1n) is 6.13. The molecule has 1 aromatic rings. The van der Waals surface area contributed by atoms with E-state index >= 15 is 0 Å². The van der Waals surface area contributed by atoms with Crippen molar-refractivity contribution in [1.82, 2.24) is 14.3 Å². The van der Waals surface area contributed by atoms with Gasteiger partial charge >= 0.3 is 0 Å². The van der Waals surface area contributed by atoms with Gasteiger partial charge in [0.25, 0.3) is 16.1 Å². The average Bonchev–Trinajstić information content (AvgIpc) is 2.43. The number of nitrogens with zero attached hydrogens (tertiary/aromatic N) is 1. The van der Waals surface area contributed by atoms with Gasteiger partial charge in [-0.1, -0.05) is 11.6 Å². The van der Waals surface area contributed by atoms with E-state index in [4.69, 9.17) is 16.3 Å². The number of carbonyl (C=O) groups excluding carboxylic acids is 1. The molecular formula is C12H18ClN3O4S. The molecule has 0 heterocycles. The summed E-state index contributed by atoms with van der Waals surface area (Å²) in [6, 6.07) is 6.62. The lowest BCUT2D eigenvalue weighted by molar-refractivity contribution is -0.123. The van der Waals surface area contributed by atoms with Crippen LogP contribution in [-0.2, 0) is 15.0 Å². The van der Waals surface area contributed by atoms with E-state index in [-0.39, 0.29) is 25.6 Å². The number of nitrogens with one attached hydrogen (secondary N) is 2. The molecule has 0 aromatic heterocycles. The van der Waals surface area contributed by atoms with Crippen LogP contribution in [0.1, 0.15) is 0 Å². The number of hydrogen-bond donors (Lipinski definition) is 2. The Balaban J connectivity index is 2.21. The summed E-state index contributed by atoms with van der Waals surface area (Å²) in [5.74, 6) is 0.192. The third-order valence-corrected chi connectivity index (χ3v) is 4.18. The number of rotatable bonds is 8. The van der Waals surface area contributed by atoms with Gasteiger partial charge in [0.2, 0.25) is 0 Å². The number of ether oxygens (including phenoxy) is 1. The lowest BCUT2D eigenvalue weighted by Gasteiger charge is -2.12. The molecule has 0 saturated carbocycles. The van der Waals surface area contributed by atoms with Gasteiger partial charge in [-0.05, 0) is 24.3 Å². The smallest absolute Gasteiger partial charge is 0.278 e. The Bertz CT molecular complexity index is 560. The molecule has 1 amide bonds. The first-order valence-corrected chi connectivity index (χ1v) is 7.95. The largest absolute Gasteiger partial charge is 0.484 e. The molecule has 0 radical (unpaired) electrons. The van der Waals surface area contributed by atoms with Crippen LogP contribution in [0.2, 0.25) is 5.02 Å². The van der Waals surface area contributed by atoms with E-state index in [2.05, 4.69) is 10.0 Å². The van der Waals surface area contributed by atoms with Crippen LogP contribution in [0.3, 0.4) is 0 Å². The maximum Gasteiger partial charge on any atom is 0.278 e. The predicted octanol–water partition coefficient (Wildman–Crippen LogP) is 0.231. The van der Waals surface area contributed by atoms with Crippen LogP contribution in [0.25, 0.3) is 0 Å². The minimum atomic E-state index is -3.47. The van der Waals surface area contributed by atoms with Crippen molar-refractivity contribution in [2.75, 3.05) is 33.8 Å². The van der Waals surface area contributed by atoms with Crippen molar-refractivity contribution in [2.45, 2.75) is 0 Å². The van der Waals surface area contributed by atoms with Gasteiger partial charge in [0.15, 0.2) is 6.61 Å². The van der Waals surface area contributed by atoms with Crippen molar-refractivity contribution < 1.29 is 17.9 Å². The molecule has 0 bridgehead atoms. The van der Waals surface area contributed by atoms with Crippen molar-refractivity contribution >= 4 is 27.7 Å². The van der Waals surface area contributed by atoms with Crippen molar-refractivity contribution in [2.24, 2.45) is 0 Å². The van der Waals surface area contributed by atoms with Crippen molar-refractivity contribution in [3.8, 4) is 5.75 Å². The zero-order valence-electron chi connectivity index (χ0n) is 11.8. The Kier molecular flexibility index (Phi) is 6.90. The Morgan fingerprint density at radius 3 is 2.43 bits per heavy atom. The van der Waals surface area contributed by atoms with Crippen LogP contribution >= 0.6 is 11.6 Å². The Morgan fingerprint density at radius 2 is 1.86 bits per heavy atom. The highest BCUT2D eigenvalue weighted by Crippen LogP contribution is 2.15. The summed E-state index contributed by atoms with van der Waals surface area (Å²) in [5.41, 5.74) is 0. The second-order valence-electron chi connectivity index (χ2n) is 4.27. The van der Waals surface area contributed by atoms with Gasteiger partial charge < -0.3 is 10.1 Å². The third-order valence-electron chi connectivity index (χ3n) is 2.40. The second-order valence-corrected chi connectivity index (χ2v) is 6.68. The summed E-state index contributed by atoms with van der Waals surface area (Å²) < 4.78 is 31.4. The SMILES string of the molecule is CN(C)S(=O)(=O)NCCNC(=O)COc1ccc(Cl)cc1. The molecule has 1 aromatic carbocycles. The van der Waals surface area contributed by atoms with Crippen LogP contribution in [0.15, 0.2) is 24.3 Å². The Hall–Kier alpha value is -1.35. The number of halogens is 1. The first-order chi connectivity index (χ1) is 9.81. The monoisotopic (exact) mass is 335 g/mol. The van der Waals surface area contributed by atoms with Crippen molar-refractivity contribution in [1.29, 1.82) is 0 Å². The molecule has 0 aliphatic carbocycles. The van der Waals surface area contributed by atoms with Gasteiger partial charge in [0.1, 0.15) is 5.75 Å². The molecule has 9 heteroatoms. The van der Waals surface area contributed by atoms with Gasteiger partial charge in [-0.15, -0.1) is 0 Å². The highest BCUT2D eigenvalue weighted by Gasteiger charge is 2.11.